The Morgan fingerprint density at radius 1 is 1.43 bits per heavy atom. The molecule has 0 saturated carbocycles. The number of carboxylic acid groups (broad SMARTS) is 1. The maximum absolute atomic E-state index is 11.9. The van der Waals surface area contributed by atoms with Gasteiger partial charge in [0.1, 0.15) is 0 Å². The van der Waals surface area contributed by atoms with Gasteiger partial charge >= 0.3 is 5.97 Å². The lowest BCUT2D eigenvalue weighted by molar-refractivity contribution is -0.171. The highest BCUT2D eigenvalue weighted by atomic mass is 35.5. The number of ether oxygens (including phenoxy) is 1. The van der Waals surface area contributed by atoms with E-state index in [1.54, 1.807) is 12.1 Å². The number of aliphatic carboxylic acids is 1. The topological polar surface area (TPSA) is 62.3 Å². The van der Waals surface area contributed by atoms with Gasteiger partial charge in [-0.3, -0.25) is 0 Å². The average Bonchev–Trinajstić information content (AvgIpc) is 2.85. The molecule has 0 spiro atoms. The summed E-state index contributed by atoms with van der Waals surface area (Å²) in [5.41, 5.74) is 0.822. The molecule has 0 aliphatic carbocycles. The van der Waals surface area contributed by atoms with E-state index < -0.39 is 11.6 Å². The number of hydrogen-bond acceptors (Lipinski definition) is 2. The van der Waals surface area contributed by atoms with Gasteiger partial charge in [-0.1, -0.05) is 36.5 Å². The first kappa shape index (κ1) is 14.7. The molecular formula is C15H15Cl2NO3. The Labute approximate surface area is 132 Å². The van der Waals surface area contributed by atoms with E-state index in [2.05, 4.69) is 4.98 Å². The average molecular weight is 328 g/mol. The van der Waals surface area contributed by atoms with Gasteiger partial charge in [-0.05, 0) is 30.5 Å². The van der Waals surface area contributed by atoms with Crippen molar-refractivity contribution < 1.29 is 14.6 Å². The van der Waals surface area contributed by atoms with Crippen LogP contribution in [0.5, 0.6) is 0 Å². The van der Waals surface area contributed by atoms with Gasteiger partial charge in [0.15, 0.2) is 0 Å². The molecule has 0 bridgehead atoms. The second-order valence-electron chi connectivity index (χ2n) is 5.24. The summed E-state index contributed by atoms with van der Waals surface area (Å²) in [5, 5.41) is 11.6. The van der Waals surface area contributed by atoms with Crippen molar-refractivity contribution in [3.05, 3.63) is 33.4 Å². The molecule has 2 aromatic rings. The number of carbonyl (C=O) groups is 1. The zero-order chi connectivity index (χ0) is 15.2. The fourth-order valence-electron chi connectivity index (χ4n) is 3.11. The quantitative estimate of drug-likeness (QED) is 0.891. The van der Waals surface area contributed by atoms with Crippen LogP contribution in [0.15, 0.2) is 12.1 Å². The SMILES string of the molecule is CCCC1(C(=O)O)OCCc2c1[nH]c1c(Cl)ccc(Cl)c21. The number of rotatable bonds is 3. The van der Waals surface area contributed by atoms with Gasteiger partial charge < -0.3 is 14.8 Å². The molecule has 0 amide bonds. The molecule has 112 valence electrons. The van der Waals surface area contributed by atoms with Gasteiger partial charge in [-0.2, -0.15) is 0 Å². The fraction of sp³-hybridized carbons (Fsp3) is 0.400. The summed E-state index contributed by atoms with van der Waals surface area (Å²) >= 11 is 12.5. The highest BCUT2D eigenvalue weighted by Gasteiger charge is 2.46. The van der Waals surface area contributed by atoms with Crippen LogP contribution in [0.4, 0.5) is 0 Å². The zero-order valence-corrected chi connectivity index (χ0v) is 13.0. The molecule has 1 aromatic carbocycles. The Bertz CT molecular complexity index is 725. The Balaban J connectivity index is 2.34. The van der Waals surface area contributed by atoms with Crippen molar-refractivity contribution in [2.75, 3.05) is 6.61 Å². The highest BCUT2D eigenvalue weighted by Crippen LogP contribution is 2.43. The van der Waals surface area contributed by atoms with E-state index in [0.29, 0.717) is 47.1 Å². The van der Waals surface area contributed by atoms with Crippen LogP contribution in [-0.2, 0) is 21.6 Å². The Morgan fingerprint density at radius 3 is 2.81 bits per heavy atom. The van der Waals surface area contributed by atoms with Gasteiger partial charge in [-0.25, -0.2) is 4.79 Å². The summed E-state index contributed by atoms with van der Waals surface area (Å²) in [6.45, 7) is 2.29. The smallest absolute Gasteiger partial charge is 0.342 e. The van der Waals surface area contributed by atoms with Crippen LogP contribution in [0.25, 0.3) is 10.9 Å². The van der Waals surface area contributed by atoms with Gasteiger partial charge in [0.2, 0.25) is 5.60 Å². The Morgan fingerprint density at radius 2 is 2.14 bits per heavy atom. The number of carboxylic acids is 1. The van der Waals surface area contributed by atoms with Crippen LogP contribution in [0, 0.1) is 0 Å². The van der Waals surface area contributed by atoms with Crippen molar-refractivity contribution in [2.45, 2.75) is 31.8 Å². The molecule has 1 aliphatic heterocycles. The summed E-state index contributed by atoms with van der Waals surface area (Å²) in [6, 6.07) is 3.44. The minimum absolute atomic E-state index is 0.356. The van der Waals surface area contributed by atoms with Crippen molar-refractivity contribution in [1.82, 2.24) is 4.98 Å². The first-order valence-corrected chi connectivity index (χ1v) is 7.63. The first-order valence-electron chi connectivity index (χ1n) is 6.87. The third kappa shape index (κ3) is 2.05. The van der Waals surface area contributed by atoms with Crippen LogP contribution >= 0.6 is 23.2 Å². The van der Waals surface area contributed by atoms with E-state index in [1.807, 2.05) is 6.92 Å². The summed E-state index contributed by atoms with van der Waals surface area (Å²) in [5.74, 6) is -0.982. The lowest BCUT2D eigenvalue weighted by Gasteiger charge is -2.33. The molecular weight excluding hydrogens is 313 g/mol. The molecule has 2 heterocycles. The largest absolute Gasteiger partial charge is 0.479 e. The van der Waals surface area contributed by atoms with E-state index >= 15 is 0 Å². The standard InChI is InChI=1S/C15H15Cl2NO3/c1-2-6-15(14(19)20)13-8(5-7-21-15)11-9(16)3-4-10(17)12(11)18-13/h3-4,18H,2,5-7H2,1H3,(H,19,20). The molecule has 1 unspecified atom stereocenters. The molecule has 3 rings (SSSR count). The van der Waals surface area contributed by atoms with Crippen LogP contribution in [-0.4, -0.2) is 22.7 Å². The van der Waals surface area contributed by atoms with Crippen molar-refractivity contribution in [3.8, 4) is 0 Å². The number of halogens is 2. The number of hydrogen-bond donors (Lipinski definition) is 2. The zero-order valence-electron chi connectivity index (χ0n) is 11.5. The van der Waals surface area contributed by atoms with Crippen molar-refractivity contribution in [2.24, 2.45) is 0 Å². The predicted octanol–water partition coefficient (Wildman–Crippen LogP) is 4.13. The Hall–Kier alpha value is -1.23. The number of aromatic amines is 1. The van der Waals surface area contributed by atoms with E-state index in [4.69, 9.17) is 27.9 Å². The van der Waals surface area contributed by atoms with Gasteiger partial charge in [0.05, 0.1) is 27.9 Å². The van der Waals surface area contributed by atoms with Crippen LogP contribution < -0.4 is 0 Å². The molecule has 0 radical (unpaired) electrons. The number of fused-ring (bicyclic) bond motifs is 3. The second kappa shape index (κ2) is 5.20. The molecule has 4 nitrogen and oxygen atoms in total. The Kier molecular flexibility index (Phi) is 3.64. The van der Waals surface area contributed by atoms with Crippen LogP contribution in [0.1, 0.15) is 31.0 Å². The first-order chi connectivity index (χ1) is 10.0. The second-order valence-corrected chi connectivity index (χ2v) is 6.05. The predicted molar refractivity (Wildman–Crippen MR) is 82.2 cm³/mol. The maximum atomic E-state index is 11.9. The molecule has 2 N–H and O–H groups in total. The fourth-order valence-corrected chi connectivity index (χ4v) is 3.59. The van der Waals surface area contributed by atoms with E-state index in [0.717, 1.165) is 10.9 Å². The van der Waals surface area contributed by atoms with Crippen LogP contribution in [0.3, 0.4) is 0 Å². The normalized spacial score (nSPS) is 21.5. The maximum Gasteiger partial charge on any atom is 0.342 e. The summed E-state index contributed by atoms with van der Waals surface area (Å²) < 4.78 is 5.69. The molecule has 6 heteroatoms. The van der Waals surface area contributed by atoms with Crippen molar-refractivity contribution in [1.29, 1.82) is 0 Å². The lowest BCUT2D eigenvalue weighted by atomic mass is 9.87. The number of aromatic nitrogens is 1. The molecule has 0 saturated heterocycles. The molecule has 0 fully saturated rings. The molecule has 21 heavy (non-hydrogen) atoms. The summed E-state index contributed by atoms with van der Waals surface area (Å²) in [6.07, 6.45) is 1.72. The van der Waals surface area contributed by atoms with Crippen LogP contribution in [0.2, 0.25) is 10.0 Å². The number of H-pyrrole nitrogens is 1. The lowest BCUT2D eigenvalue weighted by Crippen LogP contribution is -2.43. The van der Waals surface area contributed by atoms with E-state index in [9.17, 15) is 9.90 Å². The van der Waals surface area contributed by atoms with Crippen molar-refractivity contribution in [3.63, 3.8) is 0 Å². The highest BCUT2D eigenvalue weighted by molar-refractivity contribution is 6.40. The number of nitrogens with one attached hydrogen (secondary N) is 1. The third-order valence-electron chi connectivity index (χ3n) is 4.01. The monoisotopic (exact) mass is 327 g/mol. The molecule has 1 aliphatic rings. The molecule has 1 atom stereocenters. The van der Waals surface area contributed by atoms with Gasteiger partial charge in [-0.15, -0.1) is 0 Å². The minimum atomic E-state index is -1.34. The van der Waals surface area contributed by atoms with Gasteiger partial charge in [0.25, 0.3) is 0 Å². The van der Waals surface area contributed by atoms with Gasteiger partial charge in [0, 0.05) is 5.39 Å². The molecule has 1 aromatic heterocycles. The third-order valence-corrected chi connectivity index (χ3v) is 4.64. The summed E-state index contributed by atoms with van der Waals surface area (Å²) in [7, 11) is 0. The van der Waals surface area contributed by atoms with Crippen molar-refractivity contribution >= 4 is 40.1 Å². The van der Waals surface area contributed by atoms with E-state index in [-0.39, 0.29) is 0 Å². The number of benzene rings is 1. The van der Waals surface area contributed by atoms with E-state index in [1.165, 1.54) is 0 Å². The minimum Gasteiger partial charge on any atom is -0.479 e. The summed E-state index contributed by atoms with van der Waals surface area (Å²) in [4.78, 5) is 15.0.